The molecule has 3 heterocycles. The first kappa shape index (κ1) is 18.9. The van der Waals surface area contributed by atoms with Crippen LogP contribution in [-0.2, 0) is 6.54 Å². The quantitative estimate of drug-likeness (QED) is 0.804. The molecule has 2 fully saturated rings. The Morgan fingerprint density at radius 1 is 1.14 bits per heavy atom. The lowest BCUT2D eigenvalue weighted by atomic mass is 10.1. The van der Waals surface area contributed by atoms with Gasteiger partial charge >= 0.3 is 0 Å². The fourth-order valence-electron chi connectivity index (χ4n) is 3.83. The number of pyridine rings is 1. The minimum atomic E-state index is -0.0110. The number of rotatable bonds is 6. The molecule has 1 aromatic carbocycles. The molecule has 2 aromatic rings. The Labute approximate surface area is 166 Å². The van der Waals surface area contributed by atoms with Gasteiger partial charge in [-0.3, -0.25) is 14.7 Å². The van der Waals surface area contributed by atoms with Gasteiger partial charge in [-0.1, -0.05) is 6.07 Å². The standard InChI is InChI=1S/C22H28N4O2/c27-22(25-18-8-12-23-15-18)17-4-6-20(7-5-17)28-21-9-13-26(14-10-21)16-19-3-1-2-11-24-19/h1-7,11,18,21,23H,8-10,12-16H2,(H,25,27)/t18-/m0/s1. The predicted molar refractivity (Wildman–Crippen MR) is 108 cm³/mol. The molecule has 4 rings (SSSR count). The maximum absolute atomic E-state index is 12.3. The summed E-state index contributed by atoms with van der Waals surface area (Å²) in [6.07, 6.45) is 5.07. The molecule has 1 amide bonds. The molecule has 0 aliphatic carbocycles. The summed E-state index contributed by atoms with van der Waals surface area (Å²) in [5.74, 6) is 0.824. The second kappa shape index (κ2) is 9.17. The van der Waals surface area contributed by atoms with Crippen molar-refractivity contribution in [2.24, 2.45) is 0 Å². The fourth-order valence-corrected chi connectivity index (χ4v) is 3.83. The Bertz CT molecular complexity index is 752. The Morgan fingerprint density at radius 2 is 1.96 bits per heavy atom. The molecule has 0 unspecified atom stereocenters. The number of benzene rings is 1. The molecular weight excluding hydrogens is 352 g/mol. The van der Waals surface area contributed by atoms with Crippen molar-refractivity contribution in [1.29, 1.82) is 0 Å². The first-order valence-electron chi connectivity index (χ1n) is 10.2. The maximum Gasteiger partial charge on any atom is 0.251 e. The molecule has 0 saturated carbocycles. The third-order valence-electron chi connectivity index (χ3n) is 5.46. The van der Waals surface area contributed by atoms with Gasteiger partial charge in [0, 0.05) is 44.0 Å². The molecule has 28 heavy (non-hydrogen) atoms. The van der Waals surface area contributed by atoms with E-state index in [9.17, 15) is 4.79 Å². The normalized spacial score (nSPS) is 20.8. The molecule has 148 valence electrons. The molecule has 2 N–H and O–H groups in total. The van der Waals surface area contributed by atoms with Gasteiger partial charge in [0.1, 0.15) is 11.9 Å². The van der Waals surface area contributed by atoms with E-state index >= 15 is 0 Å². The molecule has 0 radical (unpaired) electrons. The summed E-state index contributed by atoms with van der Waals surface area (Å²) in [7, 11) is 0. The van der Waals surface area contributed by atoms with Crippen LogP contribution >= 0.6 is 0 Å². The van der Waals surface area contributed by atoms with E-state index in [0.717, 1.165) is 63.4 Å². The molecular formula is C22H28N4O2. The van der Waals surface area contributed by atoms with E-state index in [2.05, 4.69) is 26.6 Å². The van der Waals surface area contributed by atoms with E-state index in [1.807, 2.05) is 42.6 Å². The third kappa shape index (κ3) is 5.09. The van der Waals surface area contributed by atoms with Crippen molar-refractivity contribution < 1.29 is 9.53 Å². The first-order valence-corrected chi connectivity index (χ1v) is 10.2. The molecule has 0 spiro atoms. The number of hydrogen-bond acceptors (Lipinski definition) is 5. The number of carbonyl (C=O) groups is 1. The minimum Gasteiger partial charge on any atom is -0.490 e. The highest BCUT2D eigenvalue weighted by Crippen LogP contribution is 2.20. The number of nitrogens with one attached hydrogen (secondary N) is 2. The van der Waals surface area contributed by atoms with E-state index in [0.29, 0.717) is 5.56 Å². The Morgan fingerprint density at radius 3 is 2.64 bits per heavy atom. The summed E-state index contributed by atoms with van der Waals surface area (Å²) in [5, 5.41) is 6.33. The highest BCUT2D eigenvalue weighted by molar-refractivity contribution is 5.94. The van der Waals surface area contributed by atoms with Crippen molar-refractivity contribution in [3.05, 3.63) is 59.9 Å². The predicted octanol–water partition coefficient (Wildman–Crippen LogP) is 2.22. The summed E-state index contributed by atoms with van der Waals surface area (Å²) in [6, 6.07) is 13.8. The molecule has 2 saturated heterocycles. The lowest BCUT2D eigenvalue weighted by molar-refractivity contribution is 0.0938. The van der Waals surface area contributed by atoms with Crippen molar-refractivity contribution in [3.63, 3.8) is 0 Å². The average molecular weight is 380 g/mol. The van der Waals surface area contributed by atoms with Gasteiger partial charge in [-0.25, -0.2) is 0 Å². The second-order valence-electron chi connectivity index (χ2n) is 7.60. The fraction of sp³-hybridized carbons (Fsp3) is 0.455. The number of aromatic nitrogens is 1. The zero-order chi connectivity index (χ0) is 19.2. The summed E-state index contributed by atoms with van der Waals surface area (Å²) >= 11 is 0. The number of hydrogen-bond donors (Lipinski definition) is 2. The van der Waals surface area contributed by atoms with Crippen LogP contribution in [0, 0.1) is 0 Å². The highest BCUT2D eigenvalue weighted by Gasteiger charge is 2.21. The van der Waals surface area contributed by atoms with Crippen LogP contribution in [0.25, 0.3) is 0 Å². The number of likely N-dealkylation sites (tertiary alicyclic amines) is 1. The van der Waals surface area contributed by atoms with Crippen LogP contribution in [0.3, 0.4) is 0 Å². The van der Waals surface area contributed by atoms with Gasteiger partial charge in [0.2, 0.25) is 0 Å². The lowest BCUT2D eigenvalue weighted by Crippen LogP contribution is -2.38. The van der Waals surface area contributed by atoms with Crippen LogP contribution in [0.5, 0.6) is 5.75 Å². The van der Waals surface area contributed by atoms with Crippen molar-refractivity contribution in [1.82, 2.24) is 20.5 Å². The molecule has 6 nitrogen and oxygen atoms in total. The molecule has 2 aliphatic heterocycles. The minimum absolute atomic E-state index is 0.0110. The van der Waals surface area contributed by atoms with Crippen LogP contribution in [-0.4, -0.2) is 54.1 Å². The van der Waals surface area contributed by atoms with E-state index < -0.39 is 0 Å². The first-order chi connectivity index (χ1) is 13.8. The van der Waals surface area contributed by atoms with Gasteiger partial charge in [-0.15, -0.1) is 0 Å². The van der Waals surface area contributed by atoms with Crippen LogP contribution < -0.4 is 15.4 Å². The van der Waals surface area contributed by atoms with E-state index in [-0.39, 0.29) is 18.1 Å². The molecule has 1 atom stereocenters. The topological polar surface area (TPSA) is 66.5 Å². The van der Waals surface area contributed by atoms with Crippen LogP contribution in [0.2, 0.25) is 0 Å². The Kier molecular flexibility index (Phi) is 6.19. The largest absolute Gasteiger partial charge is 0.490 e. The summed E-state index contributed by atoms with van der Waals surface area (Å²) in [6.45, 7) is 4.74. The molecule has 2 aliphatic rings. The zero-order valence-electron chi connectivity index (χ0n) is 16.1. The van der Waals surface area contributed by atoms with Crippen LogP contribution in [0.1, 0.15) is 35.3 Å². The van der Waals surface area contributed by atoms with Gasteiger partial charge in [0.05, 0.1) is 5.69 Å². The van der Waals surface area contributed by atoms with Gasteiger partial charge < -0.3 is 15.4 Å². The molecule has 1 aromatic heterocycles. The number of ether oxygens (including phenoxy) is 1. The zero-order valence-corrected chi connectivity index (χ0v) is 16.1. The van der Waals surface area contributed by atoms with Crippen molar-refractivity contribution >= 4 is 5.91 Å². The van der Waals surface area contributed by atoms with E-state index in [1.165, 1.54) is 0 Å². The van der Waals surface area contributed by atoms with Gasteiger partial charge in [-0.2, -0.15) is 0 Å². The van der Waals surface area contributed by atoms with E-state index in [4.69, 9.17) is 4.74 Å². The van der Waals surface area contributed by atoms with Gasteiger partial charge in [0.25, 0.3) is 5.91 Å². The summed E-state index contributed by atoms with van der Waals surface area (Å²) < 4.78 is 6.14. The monoisotopic (exact) mass is 380 g/mol. The number of piperidine rings is 1. The van der Waals surface area contributed by atoms with Gasteiger partial charge in [0.15, 0.2) is 0 Å². The highest BCUT2D eigenvalue weighted by atomic mass is 16.5. The maximum atomic E-state index is 12.3. The van der Waals surface area contributed by atoms with Crippen molar-refractivity contribution in [2.75, 3.05) is 26.2 Å². The third-order valence-corrected chi connectivity index (χ3v) is 5.46. The average Bonchev–Trinajstić information content (AvgIpc) is 3.24. The van der Waals surface area contributed by atoms with E-state index in [1.54, 1.807) is 0 Å². The van der Waals surface area contributed by atoms with Gasteiger partial charge in [-0.05, 0) is 62.2 Å². The number of carbonyl (C=O) groups excluding carboxylic acids is 1. The SMILES string of the molecule is O=C(N[C@H]1CCNC1)c1ccc(OC2CCN(Cc3ccccn3)CC2)cc1. The van der Waals surface area contributed by atoms with Crippen LogP contribution in [0.4, 0.5) is 0 Å². The van der Waals surface area contributed by atoms with Crippen LogP contribution in [0.15, 0.2) is 48.7 Å². The Balaban J connectivity index is 1.23. The lowest BCUT2D eigenvalue weighted by Gasteiger charge is -2.31. The van der Waals surface area contributed by atoms with Crippen molar-refractivity contribution in [2.45, 2.75) is 38.0 Å². The smallest absolute Gasteiger partial charge is 0.251 e. The molecule has 6 heteroatoms. The second-order valence-corrected chi connectivity index (χ2v) is 7.60. The molecule has 0 bridgehead atoms. The summed E-state index contributed by atoms with van der Waals surface area (Å²) in [5.41, 5.74) is 1.80. The number of amides is 1. The number of nitrogens with zero attached hydrogens (tertiary/aromatic N) is 2. The summed E-state index contributed by atoms with van der Waals surface area (Å²) in [4.78, 5) is 19.1. The van der Waals surface area contributed by atoms with Crippen molar-refractivity contribution in [3.8, 4) is 5.75 Å². The Hall–Kier alpha value is -2.44.